The third kappa shape index (κ3) is 4.26. The first-order valence-electron chi connectivity index (χ1n) is 6.89. The number of rotatable bonds is 6. The van der Waals surface area contributed by atoms with Gasteiger partial charge in [0.25, 0.3) is 0 Å². The first-order chi connectivity index (χ1) is 9.69. The molecule has 2 N–H and O–H groups in total. The molecule has 0 bridgehead atoms. The van der Waals surface area contributed by atoms with Crippen molar-refractivity contribution in [2.24, 2.45) is 5.73 Å². The van der Waals surface area contributed by atoms with E-state index in [-0.39, 0.29) is 6.04 Å². The summed E-state index contributed by atoms with van der Waals surface area (Å²) in [6.07, 6.45) is 1.80. The Bertz CT molecular complexity index is 542. The van der Waals surface area contributed by atoms with Gasteiger partial charge in [-0.3, -0.25) is 0 Å². The van der Waals surface area contributed by atoms with Gasteiger partial charge < -0.3 is 10.5 Å². The van der Waals surface area contributed by atoms with Crippen LogP contribution in [0.15, 0.2) is 48.5 Å². The molecule has 20 heavy (non-hydrogen) atoms. The lowest BCUT2D eigenvalue weighted by Crippen LogP contribution is -2.21. The molecular weight excluding hydrogens is 270 g/mol. The Morgan fingerprint density at radius 1 is 1.10 bits per heavy atom. The van der Waals surface area contributed by atoms with E-state index in [0.29, 0.717) is 17.4 Å². The Kier molecular flexibility index (Phi) is 5.45. The SMILES string of the molecule is CCC(N)Cc1ccc(OCc2ccccc2)c(Cl)c1. The van der Waals surface area contributed by atoms with Crippen molar-refractivity contribution in [2.75, 3.05) is 0 Å². The normalized spacial score (nSPS) is 12.2. The molecule has 3 heteroatoms. The molecule has 2 aromatic rings. The van der Waals surface area contributed by atoms with Crippen molar-refractivity contribution in [3.05, 3.63) is 64.7 Å². The van der Waals surface area contributed by atoms with Gasteiger partial charge in [-0.05, 0) is 36.1 Å². The van der Waals surface area contributed by atoms with E-state index in [4.69, 9.17) is 22.1 Å². The third-order valence-electron chi connectivity index (χ3n) is 3.26. The van der Waals surface area contributed by atoms with Crippen molar-refractivity contribution in [1.82, 2.24) is 0 Å². The molecule has 2 nitrogen and oxygen atoms in total. The van der Waals surface area contributed by atoms with Gasteiger partial charge in [-0.2, -0.15) is 0 Å². The first kappa shape index (κ1) is 14.9. The van der Waals surface area contributed by atoms with Crippen LogP contribution >= 0.6 is 11.6 Å². The summed E-state index contributed by atoms with van der Waals surface area (Å²) in [5.41, 5.74) is 8.23. The predicted octanol–water partition coefficient (Wildman–Crippen LogP) is 4.20. The van der Waals surface area contributed by atoms with Gasteiger partial charge >= 0.3 is 0 Å². The van der Waals surface area contributed by atoms with Crippen LogP contribution in [0, 0.1) is 0 Å². The topological polar surface area (TPSA) is 35.2 Å². The smallest absolute Gasteiger partial charge is 0.138 e. The van der Waals surface area contributed by atoms with Crippen molar-refractivity contribution in [2.45, 2.75) is 32.4 Å². The van der Waals surface area contributed by atoms with E-state index in [9.17, 15) is 0 Å². The van der Waals surface area contributed by atoms with Crippen LogP contribution in [-0.2, 0) is 13.0 Å². The number of hydrogen-bond donors (Lipinski definition) is 1. The van der Waals surface area contributed by atoms with Crippen LogP contribution < -0.4 is 10.5 Å². The maximum Gasteiger partial charge on any atom is 0.138 e. The number of hydrogen-bond acceptors (Lipinski definition) is 2. The molecule has 0 saturated carbocycles. The second-order valence-electron chi connectivity index (χ2n) is 4.91. The summed E-state index contributed by atoms with van der Waals surface area (Å²) in [5, 5.41) is 0.640. The highest BCUT2D eigenvalue weighted by Gasteiger charge is 2.06. The monoisotopic (exact) mass is 289 g/mol. The summed E-state index contributed by atoms with van der Waals surface area (Å²) in [6, 6.07) is 16.1. The molecule has 0 spiro atoms. The van der Waals surface area contributed by atoms with E-state index in [1.807, 2.05) is 48.5 Å². The van der Waals surface area contributed by atoms with Crippen LogP contribution in [0.4, 0.5) is 0 Å². The highest BCUT2D eigenvalue weighted by molar-refractivity contribution is 6.32. The van der Waals surface area contributed by atoms with Crippen LogP contribution in [0.1, 0.15) is 24.5 Å². The van der Waals surface area contributed by atoms with Gasteiger partial charge in [0.1, 0.15) is 12.4 Å². The molecule has 1 atom stereocenters. The Balaban J connectivity index is 1.99. The summed E-state index contributed by atoms with van der Waals surface area (Å²) >= 11 is 6.26. The molecule has 0 aliphatic carbocycles. The molecular formula is C17H20ClNO. The average molecular weight is 290 g/mol. The molecule has 0 aliphatic heterocycles. The summed E-state index contributed by atoms with van der Waals surface area (Å²) in [6.45, 7) is 2.61. The summed E-state index contributed by atoms with van der Waals surface area (Å²) < 4.78 is 5.75. The van der Waals surface area contributed by atoms with Gasteiger partial charge in [-0.15, -0.1) is 0 Å². The minimum Gasteiger partial charge on any atom is -0.487 e. The van der Waals surface area contributed by atoms with Crippen molar-refractivity contribution < 1.29 is 4.74 Å². The van der Waals surface area contributed by atoms with E-state index in [0.717, 1.165) is 24.0 Å². The van der Waals surface area contributed by atoms with Crippen molar-refractivity contribution in [3.8, 4) is 5.75 Å². The van der Waals surface area contributed by atoms with Gasteiger partial charge in [0, 0.05) is 6.04 Å². The zero-order valence-electron chi connectivity index (χ0n) is 11.7. The fraction of sp³-hybridized carbons (Fsp3) is 0.294. The molecule has 0 aliphatic rings. The number of benzene rings is 2. The highest BCUT2D eigenvalue weighted by Crippen LogP contribution is 2.26. The molecule has 0 heterocycles. The quantitative estimate of drug-likeness (QED) is 0.865. The number of ether oxygens (including phenoxy) is 1. The summed E-state index contributed by atoms with van der Waals surface area (Å²) in [5.74, 6) is 0.712. The maximum atomic E-state index is 6.26. The average Bonchev–Trinajstić information content (AvgIpc) is 2.47. The third-order valence-corrected chi connectivity index (χ3v) is 3.55. The Morgan fingerprint density at radius 2 is 1.85 bits per heavy atom. The molecule has 0 aromatic heterocycles. The van der Waals surface area contributed by atoms with Crippen LogP contribution in [0.2, 0.25) is 5.02 Å². The number of nitrogens with two attached hydrogens (primary N) is 1. The lowest BCUT2D eigenvalue weighted by atomic mass is 10.0. The molecule has 2 aromatic carbocycles. The second kappa shape index (κ2) is 7.32. The van der Waals surface area contributed by atoms with Gasteiger partial charge in [0.05, 0.1) is 5.02 Å². The Morgan fingerprint density at radius 3 is 2.50 bits per heavy atom. The van der Waals surface area contributed by atoms with Crippen LogP contribution in [-0.4, -0.2) is 6.04 Å². The first-order valence-corrected chi connectivity index (χ1v) is 7.27. The molecule has 0 amide bonds. The molecule has 1 unspecified atom stereocenters. The second-order valence-corrected chi connectivity index (χ2v) is 5.32. The lowest BCUT2D eigenvalue weighted by molar-refractivity contribution is 0.306. The minimum absolute atomic E-state index is 0.183. The fourth-order valence-corrected chi connectivity index (χ4v) is 2.23. The van der Waals surface area contributed by atoms with E-state index in [2.05, 4.69) is 6.92 Å². The van der Waals surface area contributed by atoms with Crippen LogP contribution in [0.3, 0.4) is 0 Å². The Hall–Kier alpha value is -1.51. The van der Waals surface area contributed by atoms with E-state index < -0.39 is 0 Å². The van der Waals surface area contributed by atoms with E-state index >= 15 is 0 Å². The standard InChI is InChI=1S/C17H20ClNO/c1-2-15(19)10-14-8-9-17(16(18)11-14)20-12-13-6-4-3-5-7-13/h3-9,11,15H,2,10,12,19H2,1H3. The predicted molar refractivity (Wildman–Crippen MR) is 84.2 cm³/mol. The minimum atomic E-state index is 0.183. The zero-order valence-corrected chi connectivity index (χ0v) is 12.4. The molecule has 0 saturated heterocycles. The highest BCUT2D eigenvalue weighted by atomic mass is 35.5. The van der Waals surface area contributed by atoms with Gasteiger partial charge in [0.2, 0.25) is 0 Å². The van der Waals surface area contributed by atoms with Gasteiger partial charge in [-0.25, -0.2) is 0 Å². The lowest BCUT2D eigenvalue weighted by Gasteiger charge is -2.12. The summed E-state index contributed by atoms with van der Waals surface area (Å²) in [4.78, 5) is 0. The van der Waals surface area contributed by atoms with Crippen LogP contribution in [0.5, 0.6) is 5.75 Å². The zero-order chi connectivity index (χ0) is 14.4. The van der Waals surface area contributed by atoms with Gasteiger partial charge in [0.15, 0.2) is 0 Å². The molecule has 0 fully saturated rings. The largest absolute Gasteiger partial charge is 0.487 e. The van der Waals surface area contributed by atoms with Crippen LogP contribution in [0.25, 0.3) is 0 Å². The van der Waals surface area contributed by atoms with E-state index in [1.165, 1.54) is 0 Å². The van der Waals surface area contributed by atoms with Crippen molar-refractivity contribution in [3.63, 3.8) is 0 Å². The molecule has 106 valence electrons. The van der Waals surface area contributed by atoms with Gasteiger partial charge in [-0.1, -0.05) is 54.9 Å². The summed E-state index contributed by atoms with van der Waals surface area (Å²) in [7, 11) is 0. The fourth-order valence-electron chi connectivity index (χ4n) is 1.97. The van der Waals surface area contributed by atoms with Crippen molar-refractivity contribution in [1.29, 1.82) is 0 Å². The molecule has 0 radical (unpaired) electrons. The van der Waals surface area contributed by atoms with Crippen molar-refractivity contribution >= 4 is 11.6 Å². The van der Waals surface area contributed by atoms with E-state index in [1.54, 1.807) is 0 Å². The Labute approximate surface area is 125 Å². The maximum absolute atomic E-state index is 6.26. The number of halogens is 1. The molecule has 2 rings (SSSR count).